The number of hydrogen-bond acceptors (Lipinski definition) is 0. The van der Waals surface area contributed by atoms with Gasteiger partial charge in [-0.15, -0.1) is 0 Å². The highest BCUT2D eigenvalue weighted by Gasteiger charge is 2.17. The Balaban J connectivity index is 1.71. The van der Waals surface area contributed by atoms with Crippen molar-refractivity contribution in [1.29, 1.82) is 0 Å². The first-order valence-electron chi connectivity index (χ1n) is 21.0. The fraction of sp³-hybridized carbons (Fsp3) is 0. The maximum absolute atomic E-state index is 9.80. The molecule has 8 aromatic rings. The van der Waals surface area contributed by atoms with Gasteiger partial charge in [0.25, 0.3) is 0 Å². The molecule has 0 spiro atoms. The van der Waals surface area contributed by atoms with Crippen LogP contribution in [0.1, 0.15) is 23.3 Å². The van der Waals surface area contributed by atoms with E-state index in [0.29, 0.717) is 10.9 Å². The fourth-order valence-corrected chi connectivity index (χ4v) is 5.36. The van der Waals surface area contributed by atoms with Gasteiger partial charge in [0.2, 0.25) is 0 Å². The predicted octanol–water partition coefficient (Wildman–Crippen LogP) is 11.3. The molecule has 0 heteroatoms. The molecular weight excluding hydrogens is 480 g/mol. The molecule has 0 saturated carbocycles. The lowest BCUT2D eigenvalue weighted by Gasteiger charge is -2.18. The minimum absolute atomic E-state index is 0.120. The number of benzene rings is 8. The minimum atomic E-state index is -0.810. The molecule has 0 radical (unpaired) electrons. The molecule has 186 valence electrons. The molecule has 40 heavy (non-hydrogen) atoms. The quantitative estimate of drug-likeness (QED) is 0.160. The summed E-state index contributed by atoms with van der Waals surface area (Å²) in [6, 6.07) is 3.59. The third-order valence-corrected chi connectivity index (χ3v) is 7.04. The van der Waals surface area contributed by atoms with E-state index < -0.39 is 147 Å². The first kappa shape index (κ1) is 11.5. The van der Waals surface area contributed by atoms with Gasteiger partial charge >= 0.3 is 0 Å². The molecule has 0 heterocycles. The van der Waals surface area contributed by atoms with Crippen LogP contribution in [0.2, 0.25) is 0 Å². The Labute approximate surface area is 257 Å². The molecule has 0 N–H and O–H groups in total. The van der Waals surface area contributed by atoms with Crippen LogP contribution in [0.4, 0.5) is 0 Å². The SMILES string of the molecule is [2H]c1c([2H])c([2H])c(-c2c3c([2H])c([2H])c([2H])c([2H])c3c(-c3c([2H])c([2H])c([2H])c(-c4cc5ccccc5c5ccccc45)c3[2H])c3c([2H])c([2H])c([2H])c([2H])c23)c([2H])c1[2H]. The minimum Gasteiger partial charge on any atom is -0.0622 e. The average Bonchev–Trinajstić information content (AvgIpc) is 3.21. The molecule has 0 nitrogen and oxygen atoms in total. The molecule has 0 aromatic heterocycles. The Morgan fingerprint density at radius 2 is 0.875 bits per heavy atom. The summed E-state index contributed by atoms with van der Waals surface area (Å²) < 4.78 is 152. The lowest BCUT2D eigenvalue weighted by atomic mass is 9.85. The summed E-state index contributed by atoms with van der Waals surface area (Å²) >= 11 is 0. The normalized spacial score (nSPS) is 17.4. The average molecular weight is 524 g/mol. The van der Waals surface area contributed by atoms with Crippen molar-refractivity contribution in [3.05, 3.63) is 157 Å². The highest BCUT2D eigenvalue weighted by atomic mass is 14.2. The van der Waals surface area contributed by atoms with Crippen LogP contribution in [0, 0.1) is 0 Å². The summed E-state index contributed by atoms with van der Waals surface area (Å²) in [6.45, 7) is 0. The second-order valence-electron chi connectivity index (χ2n) is 9.19. The van der Waals surface area contributed by atoms with Crippen molar-refractivity contribution >= 4 is 43.1 Å². The van der Waals surface area contributed by atoms with Crippen molar-refractivity contribution in [2.45, 2.75) is 0 Å². The van der Waals surface area contributed by atoms with E-state index in [1.165, 1.54) is 0 Å². The van der Waals surface area contributed by atoms with Gasteiger partial charge in [-0.2, -0.15) is 0 Å². The first-order valence-corrected chi connectivity index (χ1v) is 12.5. The van der Waals surface area contributed by atoms with Crippen molar-refractivity contribution in [2.24, 2.45) is 0 Å². The second kappa shape index (κ2) is 9.22. The first-order chi connectivity index (χ1) is 26.9. The molecule has 0 bridgehead atoms. The molecule has 0 aliphatic carbocycles. The molecular formula is C40H26. The fourth-order valence-electron chi connectivity index (χ4n) is 5.36. The highest BCUT2D eigenvalue weighted by molar-refractivity contribution is 6.21. The van der Waals surface area contributed by atoms with Crippen LogP contribution in [0.3, 0.4) is 0 Å². The summed E-state index contributed by atoms with van der Waals surface area (Å²) in [5, 5.41) is 1.00. The lowest BCUT2D eigenvalue weighted by Crippen LogP contribution is -1.91. The zero-order valence-electron chi connectivity index (χ0n) is 37.7. The van der Waals surface area contributed by atoms with Gasteiger partial charge in [-0.05, 0) is 88.6 Å². The van der Waals surface area contributed by atoms with Gasteiger partial charge in [0.1, 0.15) is 0 Å². The van der Waals surface area contributed by atoms with Gasteiger partial charge in [-0.3, -0.25) is 0 Å². The third-order valence-electron chi connectivity index (χ3n) is 7.04. The van der Waals surface area contributed by atoms with Crippen molar-refractivity contribution in [2.75, 3.05) is 0 Å². The summed E-state index contributed by atoms with van der Waals surface area (Å²) in [5.41, 5.74) is -1.79. The molecule has 0 unspecified atom stereocenters. The van der Waals surface area contributed by atoms with Crippen molar-refractivity contribution in [3.8, 4) is 33.4 Å². The van der Waals surface area contributed by atoms with Crippen LogP contribution in [0.15, 0.2) is 157 Å². The highest BCUT2D eigenvalue weighted by Crippen LogP contribution is 2.44. The molecule has 0 fully saturated rings. The van der Waals surface area contributed by atoms with E-state index in [0.717, 1.165) is 16.2 Å². The van der Waals surface area contributed by atoms with Gasteiger partial charge < -0.3 is 0 Å². The topological polar surface area (TPSA) is 0 Å². The van der Waals surface area contributed by atoms with Crippen LogP contribution in [-0.4, -0.2) is 0 Å². The summed E-state index contributed by atoms with van der Waals surface area (Å²) in [5.74, 6) is 0. The van der Waals surface area contributed by atoms with Gasteiger partial charge in [-0.25, -0.2) is 0 Å². The maximum Gasteiger partial charge on any atom is 0.0636 e. The van der Waals surface area contributed by atoms with E-state index in [2.05, 4.69) is 0 Å². The van der Waals surface area contributed by atoms with Crippen LogP contribution in [-0.2, 0) is 0 Å². The zero-order valence-corrected chi connectivity index (χ0v) is 20.7. The second-order valence-corrected chi connectivity index (χ2v) is 9.19. The van der Waals surface area contributed by atoms with Crippen LogP contribution in [0.5, 0.6) is 0 Å². The van der Waals surface area contributed by atoms with Gasteiger partial charge in [0.15, 0.2) is 0 Å². The van der Waals surface area contributed by atoms with Crippen molar-refractivity contribution in [1.82, 2.24) is 0 Å². The zero-order chi connectivity index (χ0) is 41.3. The van der Waals surface area contributed by atoms with Crippen molar-refractivity contribution < 1.29 is 23.3 Å². The van der Waals surface area contributed by atoms with Crippen LogP contribution >= 0.6 is 0 Å². The molecule has 0 amide bonds. The van der Waals surface area contributed by atoms with E-state index in [1.54, 1.807) is 18.2 Å². The Kier molecular flexibility index (Phi) is 2.65. The molecule has 0 saturated heterocycles. The molecule has 8 aromatic carbocycles. The lowest BCUT2D eigenvalue weighted by molar-refractivity contribution is 1.64. The number of fused-ring (bicyclic) bond motifs is 5. The monoisotopic (exact) mass is 523 g/mol. The Bertz CT molecular complexity index is 3040. The van der Waals surface area contributed by atoms with Gasteiger partial charge in [0.05, 0.1) is 23.3 Å². The van der Waals surface area contributed by atoms with E-state index >= 15 is 0 Å². The van der Waals surface area contributed by atoms with E-state index in [1.807, 2.05) is 36.4 Å². The molecule has 0 atom stereocenters. The number of rotatable bonds is 3. The smallest absolute Gasteiger partial charge is 0.0622 e. The molecule has 8 rings (SSSR count). The van der Waals surface area contributed by atoms with E-state index in [4.69, 9.17) is 15.1 Å². The summed E-state index contributed by atoms with van der Waals surface area (Å²) in [6.07, 6.45) is 0. The summed E-state index contributed by atoms with van der Waals surface area (Å²) in [7, 11) is 0. The Hall–Kier alpha value is -5.20. The Morgan fingerprint density at radius 3 is 1.55 bits per heavy atom. The maximum atomic E-state index is 9.80. The van der Waals surface area contributed by atoms with Gasteiger partial charge in [0, 0.05) is 0 Å². The van der Waals surface area contributed by atoms with Crippen molar-refractivity contribution in [3.63, 3.8) is 0 Å². The predicted molar refractivity (Wildman–Crippen MR) is 173 cm³/mol. The number of hydrogen-bond donors (Lipinski definition) is 0. The Morgan fingerprint density at radius 1 is 0.375 bits per heavy atom. The van der Waals surface area contributed by atoms with Crippen LogP contribution < -0.4 is 0 Å². The third kappa shape index (κ3) is 3.54. The molecule has 0 aliphatic heterocycles. The van der Waals surface area contributed by atoms with Gasteiger partial charge in [-0.1, -0.05) is 145 Å². The van der Waals surface area contributed by atoms with E-state index in [-0.39, 0.29) is 5.56 Å². The van der Waals surface area contributed by atoms with E-state index in [9.17, 15) is 8.22 Å². The standard InChI is InChI=1S/C40H26/c1-2-13-27(14-3-1)39-34-21-8-10-23-36(34)40(37-24-11-9-22-35(37)39)30-17-12-16-28(25-30)38-26-29-15-4-5-18-31(29)32-19-6-7-20-33(32)38/h1-26H/i1D,2D,3D,8D,9D,10D,11D,12D,13D,14D,16D,17D,21D,22D,23D,24D,25D. The van der Waals surface area contributed by atoms with Crippen LogP contribution in [0.25, 0.3) is 76.5 Å². The summed E-state index contributed by atoms with van der Waals surface area (Å²) in [4.78, 5) is 0. The molecule has 0 aliphatic rings. The largest absolute Gasteiger partial charge is 0.0636 e.